The van der Waals surface area contributed by atoms with Crippen LogP contribution in [0.4, 0.5) is 4.39 Å². The van der Waals surface area contributed by atoms with Crippen molar-refractivity contribution in [3.05, 3.63) is 29.6 Å². The number of ether oxygens (including phenoxy) is 1. The number of rotatable bonds is 6. The van der Waals surface area contributed by atoms with Crippen LogP contribution in [0.1, 0.15) is 31.7 Å². The first-order chi connectivity index (χ1) is 9.69. The zero-order valence-corrected chi connectivity index (χ0v) is 14.6. The minimum atomic E-state index is -0.361. The average Bonchev–Trinajstić information content (AvgIpc) is 2.37. The Balaban J connectivity index is 0.00000220. The summed E-state index contributed by atoms with van der Waals surface area (Å²) >= 11 is 0. The Labute approximate surface area is 142 Å². The molecule has 1 aromatic rings. The number of aliphatic imine (C=N–C) groups is 1. The molecule has 6 heteroatoms. The molecule has 4 nitrogen and oxygen atoms in total. The minimum Gasteiger partial charge on any atom is -0.491 e. The fourth-order valence-electron chi connectivity index (χ4n) is 2.09. The standard InChI is InChI=1S/C15H22FN3O.HI/c1-2-20-14-7-6-12(8-13(14)16)10-19-15(17)18-9-11-4-3-5-11;/h6-8,11H,2-5,9-10H2,1H3,(H3,17,18,19);1H. The minimum absolute atomic E-state index is 0. The highest BCUT2D eigenvalue weighted by molar-refractivity contribution is 14.0. The topological polar surface area (TPSA) is 59.6 Å². The van der Waals surface area contributed by atoms with Gasteiger partial charge in [0, 0.05) is 6.54 Å². The van der Waals surface area contributed by atoms with Gasteiger partial charge < -0.3 is 15.8 Å². The number of benzene rings is 1. The predicted octanol–water partition coefficient (Wildman–Crippen LogP) is 3.05. The molecule has 1 aromatic carbocycles. The van der Waals surface area contributed by atoms with Crippen molar-refractivity contribution in [3.63, 3.8) is 0 Å². The molecule has 0 atom stereocenters. The van der Waals surface area contributed by atoms with Crippen molar-refractivity contribution < 1.29 is 9.13 Å². The number of nitrogens with two attached hydrogens (primary N) is 1. The van der Waals surface area contributed by atoms with Gasteiger partial charge in [0.2, 0.25) is 0 Å². The van der Waals surface area contributed by atoms with E-state index >= 15 is 0 Å². The zero-order valence-electron chi connectivity index (χ0n) is 12.3. The number of halogens is 2. The van der Waals surface area contributed by atoms with Crippen LogP contribution in [0.3, 0.4) is 0 Å². The molecule has 0 aromatic heterocycles. The lowest BCUT2D eigenvalue weighted by Crippen LogP contribution is -2.37. The lowest BCUT2D eigenvalue weighted by molar-refractivity contribution is 0.315. The van der Waals surface area contributed by atoms with Crippen LogP contribution in [0, 0.1) is 11.7 Å². The van der Waals surface area contributed by atoms with E-state index in [9.17, 15) is 4.39 Å². The molecule has 0 aliphatic heterocycles. The molecular weight excluding hydrogens is 384 g/mol. The number of hydrogen-bond acceptors (Lipinski definition) is 2. The Hall–Kier alpha value is -1.05. The Morgan fingerprint density at radius 3 is 2.81 bits per heavy atom. The van der Waals surface area contributed by atoms with E-state index in [0.29, 0.717) is 19.1 Å². The lowest BCUT2D eigenvalue weighted by Gasteiger charge is -2.25. The van der Waals surface area contributed by atoms with Gasteiger partial charge in [0.1, 0.15) is 0 Å². The summed E-state index contributed by atoms with van der Waals surface area (Å²) < 4.78 is 18.8. The van der Waals surface area contributed by atoms with Crippen LogP contribution in [0.25, 0.3) is 0 Å². The molecule has 21 heavy (non-hydrogen) atoms. The van der Waals surface area contributed by atoms with Crippen molar-refractivity contribution in [3.8, 4) is 5.75 Å². The molecular formula is C15H23FIN3O. The van der Waals surface area contributed by atoms with Gasteiger partial charge in [0.05, 0.1) is 13.2 Å². The van der Waals surface area contributed by atoms with Gasteiger partial charge in [-0.05, 0) is 43.4 Å². The molecule has 1 saturated carbocycles. The summed E-state index contributed by atoms with van der Waals surface area (Å²) in [6.07, 6.45) is 3.85. The monoisotopic (exact) mass is 407 g/mol. The Morgan fingerprint density at radius 1 is 1.48 bits per heavy atom. The second-order valence-electron chi connectivity index (χ2n) is 5.08. The summed E-state index contributed by atoms with van der Waals surface area (Å²) in [6.45, 7) is 3.53. The molecule has 2 rings (SSSR count). The predicted molar refractivity (Wildman–Crippen MR) is 93.7 cm³/mol. The molecule has 3 N–H and O–H groups in total. The third kappa shape index (κ3) is 5.68. The largest absolute Gasteiger partial charge is 0.491 e. The summed E-state index contributed by atoms with van der Waals surface area (Å²) in [5.41, 5.74) is 6.56. The number of nitrogens with one attached hydrogen (secondary N) is 1. The molecule has 0 spiro atoms. The zero-order chi connectivity index (χ0) is 14.4. The average molecular weight is 407 g/mol. The van der Waals surface area contributed by atoms with Gasteiger partial charge in [-0.1, -0.05) is 12.5 Å². The van der Waals surface area contributed by atoms with Crippen LogP contribution in [-0.4, -0.2) is 19.1 Å². The van der Waals surface area contributed by atoms with Crippen molar-refractivity contribution in [1.82, 2.24) is 5.32 Å². The smallest absolute Gasteiger partial charge is 0.188 e. The second kappa shape index (κ2) is 9.07. The second-order valence-corrected chi connectivity index (χ2v) is 5.08. The highest BCUT2D eigenvalue weighted by atomic mass is 127. The first kappa shape index (κ1) is 18.0. The fourth-order valence-corrected chi connectivity index (χ4v) is 2.09. The molecule has 1 fully saturated rings. The van der Waals surface area contributed by atoms with E-state index in [-0.39, 0.29) is 35.5 Å². The van der Waals surface area contributed by atoms with Gasteiger partial charge in [-0.3, -0.25) is 0 Å². The van der Waals surface area contributed by atoms with E-state index in [1.165, 1.54) is 25.3 Å². The van der Waals surface area contributed by atoms with Gasteiger partial charge in [0.25, 0.3) is 0 Å². The Kier molecular flexibility index (Phi) is 7.77. The van der Waals surface area contributed by atoms with Gasteiger partial charge in [-0.25, -0.2) is 9.38 Å². The molecule has 1 aliphatic rings. The highest BCUT2D eigenvalue weighted by Gasteiger charge is 2.16. The van der Waals surface area contributed by atoms with Gasteiger partial charge in [-0.15, -0.1) is 24.0 Å². The molecule has 0 amide bonds. The fraction of sp³-hybridized carbons (Fsp3) is 0.533. The number of nitrogens with zero attached hydrogens (tertiary/aromatic N) is 1. The van der Waals surface area contributed by atoms with Crippen LogP contribution in [0.2, 0.25) is 0 Å². The van der Waals surface area contributed by atoms with Crippen molar-refractivity contribution in [2.75, 3.05) is 13.2 Å². The summed E-state index contributed by atoms with van der Waals surface area (Å²) in [4.78, 5) is 4.22. The van der Waals surface area contributed by atoms with Crippen LogP contribution in [0.5, 0.6) is 5.75 Å². The van der Waals surface area contributed by atoms with E-state index in [4.69, 9.17) is 10.5 Å². The summed E-state index contributed by atoms with van der Waals surface area (Å²) in [6, 6.07) is 4.87. The maximum Gasteiger partial charge on any atom is 0.188 e. The Morgan fingerprint density at radius 2 is 2.24 bits per heavy atom. The molecule has 118 valence electrons. The summed E-state index contributed by atoms with van der Waals surface area (Å²) in [5.74, 6) is 1.06. The quantitative estimate of drug-likeness (QED) is 0.433. The maximum atomic E-state index is 13.6. The Bertz CT molecular complexity index is 478. The van der Waals surface area contributed by atoms with Crippen LogP contribution < -0.4 is 15.8 Å². The van der Waals surface area contributed by atoms with Crippen molar-refractivity contribution in [2.45, 2.75) is 32.7 Å². The SMILES string of the molecule is CCOc1ccc(CN=C(N)NCC2CCC2)cc1F.I. The molecule has 0 heterocycles. The number of hydrogen-bond donors (Lipinski definition) is 2. The van der Waals surface area contributed by atoms with E-state index < -0.39 is 0 Å². The first-order valence-corrected chi connectivity index (χ1v) is 7.14. The molecule has 1 aliphatic carbocycles. The molecule has 0 saturated heterocycles. The number of guanidine groups is 1. The lowest BCUT2D eigenvalue weighted by atomic mass is 9.85. The van der Waals surface area contributed by atoms with Gasteiger partial charge in [0.15, 0.2) is 17.5 Å². The highest BCUT2D eigenvalue weighted by Crippen LogP contribution is 2.25. The summed E-state index contributed by atoms with van der Waals surface area (Å²) in [7, 11) is 0. The molecule has 0 radical (unpaired) electrons. The van der Waals surface area contributed by atoms with Gasteiger partial charge in [-0.2, -0.15) is 0 Å². The van der Waals surface area contributed by atoms with Crippen molar-refractivity contribution >= 4 is 29.9 Å². The maximum absolute atomic E-state index is 13.6. The van der Waals surface area contributed by atoms with Crippen LogP contribution in [0.15, 0.2) is 23.2 Å². The first-order valence-electron chi connectivity index (χ1n) is 7.14. The molecule has 0 bridgehead atoms. The van der Waals surface area contributed by atoms with E-state index in [0.717, 1.165) is 18.0 Å². The van der Waals surface area contributed by atoms with Crippen LogP contribution in [-0.2, 0) is 6.54 Å². The normalized spacial score (nSPS) is 15.0. The third-order valence-corrected chi connectivity index (χ3v) is 3.52. The van der Waals surface area contributed by atoms with E-state index in [1.54, 1.807) is 12.1 Å². The van der Waals surface area contributed by atoms with Crippen LogP contribution >= 0.6 is 24.0 Å². The molecule has 0 unspecified atom stereocenters. The van der Waals surface area contributed by atoms with E-state index in [2.05, 4.69) is 10.3 Å². The van der Waals surface area contributed by atoms with Crippen molar-refractivity contribution in [1.29, 1.82) is 0 Å². The third-order valence-electron chi connectivity index (χ3n) is 3.52. The van der Waals surface area contributed by atoms with Crippen molar-refractivity contribution in [2.24, 2.45) is 16.6 Å². The summed E-state index contributed by atoms with van der Waals surface area (Å²) in [5, 5.41) is 3.11. The van der Waals surface area contributed by atoms with Gasteiger partial charge >= 0.3 is 0 Å². The van der Waals surface area contributed by atoms with E-state index in [1.807, 2.05) is 6.92 Å².